The Morgan fingerprint density at radius 3 is 1.63 bits per heavy atom. The van der Waals surface area contributed by atoms with Crippen LogP contribution in [0.3, 0.4) is 0 Å². The van der Waals surface area contributed by atoms with Gasteiger partial charge in [-0.05, 0) is 82.5 Å². The average molecular weight is 666 g/mol. The maximum atomic E-state index is 5.09. The third-order valence-electron chi connectivity index (χ3n) is 10.5. The highest BCUT2D eigenvalue weighted by atomic mass is 15.3. The predicted molar refractivity (Wildman–Crippen MR) is 219 cm³/mol. The smallest absolute Gasteiger partial charge is 0.131 e. The lowest BCUT2D eigenvalue weighted by atomic mass is 9.87. The molecule has 1 aliphatic heterocycles. The Kier molecular flexibility index (Phi) is 7.37. The number of nitrogens with one attached hydrogen (secondary N) is 2. The van der Waals surface area contributed by atoms with E-state index in [-0.39, 0.29) is 12.3 Å². The molecule has 0 saturated carbocycles. The van der Waals surface area contributed by atoms with Crippen LogP contribution in [0.1, 0.15) is 29.0 Å². The van der Waals surface area contributed by atoms with Crippen molar-refractivity contribution in [3.05, 3.63) is 205 Å². The van der Waals surface area contributed by atoms with E-state index < -0.39 is 0 Å². The highest BCUT2D eigenvalue weighted by molar-refractivity contribution is 6.26. The summed E-state index contributed by atoms with van der Waals surface area (Å²) in [7, 11) is 0. The van der Waals surface area contributed by atoms with Crippen LogP contribution in [0, 0.1) is 0 Å². The zero-order valence-electron chi connectivity index (χ0n) is 28.5. The van der Waals surface area contributed by atoms with Crippen LogP contribution in [0.5, 0.6) is 0 Å². The largest absolute Gasteiger partial charge is 0.350 e. The first-order chi connectivity index (χ1) is 25.8. The molecule has 0 spiro atoms. The minimum absolute atomic E-state index is 0.123. The third-order valence-corrected chi connectivity index (χ3v) is 10.5. The third kappa shape index (κ3) is 5.22. The van der Waals surface area contributed by atoms with Crippen LogP contribution in [-0.4, -0.2) is 5.84 Å². The van der Waals surface area contributed by atoms with Crippen LogP contribution in [0.15, 0.2) is 193 Å². The van der Waals surface area contributed by atoms with Gasteiger partial charge in [0.05, 0.1) is 0 Å². The van der Waals surface area contributed by atoms with Crippen molar-refractivity contribution in [1.29, 1.82) is 0 Å². The first-order valence-corrected chi connectivity index (χ1v) is 17.9. The molecule has 10 rings (SSSR count). The standard InChI is InChI=1S/C49H35N3/c1-3-14-34(15-4-1)47-50-48(35-16-5-2-6-17-35)52-49(51-47)36-25-23-33(24-26-36)46-38-18-8-7-13-32(38)27-29-39(46)37-28-30-44-42-21-10-9-19-40(42)41-20-11-12-22-43(41)45(44)31-37/h1-31,47,49,51H,(H,50,52). The molecule has 3 nitrogen and oxygen atoms in total. The van der Waals surface area contributed by atoms with Crippen LogP contribution >= 0.6 is 0 Å². The molecule has 0 fully saturated rings. The van der Waals surface area contributed by atoms with Gasteiger partial charge in [-0.25, -0.2) is 4.99 Å². The average Bonchev–Trinajstić information content (AvgIpc) is 3.24. The van der Waals surface area contributed by atoms with Crippen molar-refractivity contribution in [3.8, 4) is 22.3 Å². The van der Waals surface area contributed by atoms with E-state index in [2.05, 4.69) is 187 Å². The second-order valence-corrected chi connectivity index (χ2v) is 13.6. The topological polar surface area (TPSA) is 36.4 Å². The molecular formula is C49H35N3. The Morgan fingerprint density at radius 2 is 0.942 bits per heavy atom. The fourth-order valence-electron chi connectivity index (χ4n) is 8.02. The maximum absolute atomic E-state index is 5.09. The van der Waals surface area contributed by atoms with E-state index in [0.717, 1.165) is 22.5 Å². The lowest BCUT2D eigenvalue weighted by Crippen LogP contribution is -2.44. The molecule has 9 aromatic rings. The van der Waals surface area contributed by atoms with Gasteiger partial charge in [-0.15, -0.1) is 0 Å². The summed E-state index contributed by atoms with van der Waals surface area (Å²) in [5, 5.41) is 17.6. The number of rotatable bonds is 5. The summed E-state index contributed by atoms with van der Waals surface area (Å²) in [6, 6.07) is 67.8. The van der Waals surface area contributed by atoms with Gasteiger partial charge in [0.1, 0.15) is 18.2 Å². The van der Waals surface area contributed by atoms with E-state index in [9.17, 15) is 0 Å². The van der Waals surface area contributed by atoms with Gasteiger partial charge in [0.2, 0.25) is 0 Å². The van der Waals surface area contributed by atoms with Crippen LogP contribution in [0.2, 0.25) is 0 Å². The minimum atomic E-state index is -0.173. The number of fused-ring (bicyclic) bond motifs is 7. The number of benzene rings is 9. The number of hydrogen-bond acceptors (Lipinski definition) is 3. The zero-order chi connectivity index (χ0) is 34.4. The molecule has 0 bridgehead atoms. The normalized spacial score (nSPS) is 15.9. The van der Waals surface area contributed by atoms with Crippen molar-refractivity contribution in [2.75, 3.05) is 0 Å². The summed E-state index contributed by atoms with van der Waals surface area (Å²) in [6.45, 7) is 0. The second-order valence-electron chi connectivity index (χ2n) is 13.6. The van der Waals surface area contributed by atoms with E-state index in [4.69, 9.17) is 4.99 Å². The summed E-state index contributed by atoms with van der Waals surface area (Å²) in [5.41, 5.74) is 8.22. The summed E-state index contributed by atoms with van der Waals surface area (Å²) in [5.74, 6) is 0.884. The Balaban J connectivity index is 1.09. The first-order valence-electron chi connectivity index (χ1n) is 17.9. The highest BCUT2D eigenvalue weighted by Gasteiger charge is 2.25. The van der Waals surface area contributed by atoms with Crippen molar-refractivity contribution < 1.29 is 0 Å². The van der Waals surface area contributed by atoms with E-state index in [1.54, 1.807) is 0 Å². The monoisotopic (exact) mass is 665 g/mol. The van der Waals surface area contributed by atoms with Crippen molar-refractivity contribution >= 4 is 48.9 Å². The van der Waals surface area contributed by atoms with Gasteiger partial charge in [-0.2, -0.15) is 0 Å². The van der Waals surface area contributed by atoms with Crippen molar-refractivity contribution in [2.45, 2.75) is 12.3 Å². The summed E-state index contributed by atoms with van der Waals surface area (Å²) in [6.07, 6.45) is -0.296. The molecule has 246 valence electrons. The van der Waals surface area contributed by atoms with Gasteiger partial charge < -0.3 is 5.32 Å². The van der Waals surface area contributed by atoms with E-state index in [1.165, 1.54) is 65.3 Å². The van der Waals surface area contributed by atoms with Crippen LogP contribution in [-0.2, 0) is 0 Å². The van der Waals surface area contributed by atoms with Crippen molar-refractivity contribution in [1.82, 2.24) is 10.6 Å². The van der Waals surface area contributed by atoms with E-state index in [0.29, 0.717) is 0 Å². The molecule has 1 aliphatic rings. The molecule has 1 heterocycles. The fraction of sp³-hybridized carbons (Fsp3) is 0.0408. The molecule has 0 radical (unpaired) electrons. The van der Waals surface area contributed by atoms with Gasteiger partial charge in [0.25, 0.3) is 0 Å². The molecule has 3 heteroatoms. The Morgan fingerprint density at radius 1 is 0.385 bits per heavy atom. The molecule has 52 heavy (non-hydrogen) atoms. The SMILES string of the molecule is c1ccc(C2=NC(c3ccccc3)NC(c3ccc(-c4c(-c5ccc6c7ccccc7c7ccccc7c6c5)ccc5ccccc45)cc3)N2)cc1. The first kappa shape index (κ1) is 30.3. The molecule has 0 aromatic heterocycles. The van der Waals surface area contributed by atoms with Gasteiger partial charge in [-0.1, -0.05) is 182 Å². The molecule has 0 aliphatic carbocycles. The van der Waals surface area contributed by atoms with Gasteiger partial charge >= 0.3 is 0 Å². The number of amidine groups is 1. The molecule has 0 amide bonds. The quantitative estimate of drug-likeness (QED) is 0.180. The lowest BCUT2D eigenvalue weighted by Gasteiger charge is -2.32. The number of aliphatic imine (C=N–C) groups is 1. The second kappa shape index (κ2) is 12.6. The lowest BCUT2D eigenvalue weighted by molar-refractivity contribution is 0.409. The Labute approximate surface area is 302 Å². The number of nitrogens with zero attached hydrogens (tertiary/aromatic N) is 1. The predicted octanol–water partition coefficient (Wildman–Crippen LogP) is 12.0. The molecule has 2 unspecified atom stereocenters. The summed E-state index contributed by atoms with van der Waals surface area (Å²) >= 11 is 0. The van der Waals surface area contributed by atoms with E-state index in [1.807, 2.05) is 12.1 Å². The number of hydrogen-bond donors (Lipinski definition) is 2. The summed E-state index contributed by atoms with van der Waals surface area (Å²) < 4.78 is 0. The maximum Gasteiger partial charge on any atom is 0.131 e. The van der Waals surface area contributed by atoms with Crippen LogP contribution < -0.4 is 10.6 Å². The Hall–Kier alpha value is -6.55. The minimum Gasteiger partial charge on any atom is -0.350 e. The van der Waals surface area contributed by atoms with Gasteiger partial charge in [0, 0.05) is 5.56 Å². The van der Waals surface area contributed by atoms with Crippen LogP contribution in [0.4, 0.5) is 0 Å². The highest BCUT2D eigenvalue weighted by Crippen LogP contribution is 2.42. The molecule has 2 atom stereocenters. The van der Waals surface area contributed by atoms with Gasteiger partial charge in [-0.3, -0.25) is 5.32 Å². The van der Waals surface area contributed by atoms with E-state index >= 15 is 0 Å². The Bertz CT molecular complexity index is 2750. The molecule has 9 aromatic carbocycles. The van der Waals surface area contributed by atoms with Crippen molar-refractivity contribution in [3.63, 3.8) is 0 Å². The van der Waals surface area contributed by atoms with Gasteiger partial charge in [0.15, 0.2) is 0 Å². The molecule has 2 N–H and O–H groups in total. The zero-order valence-corrected chi connectivity index (χ0v) is 28.5. The molecular weight excluding hydrogens is 631 g/mol. The van der Waals surface area contributed by atoms with Crippen molar-refractivity contribution in [2.24, 2.45) is 4.99 Å². The fourth-order valence-corrected chi connectivity index (χ4v) is 8.02. The summed E-state index contributed by atoms with van der Waals surface area (Å²) in [4.78, 5) is 5.09. The van der Waals surface area contributed by atoms with Crippen LogP contribution in [0.25, 0.3) is 65.3 Å². The molecule has 0 saturated heterocycles.